The van der Waals surface area contributed by atoms with Gasteiger partial charge in [0.2, 0.25) is 11.8 Å². The number of nitrogens with zero attached hydrogens (tertiary/aromatic N) is 1. The maximum Gasteiger partial charge on any atom is 0.261 e. The minimum absolute atomic E-state index is 0.0796. The number of methoxy groups -OCH3 is 2. The fourth-order valence-electron chi connectivity index (χ4n) is 4.93. The molecule has 1 saturated heterocycles. The molecule has 3 amide bonds. The summed E-state index contributed by atoms with van der Waals surface area (Å²) in [5, 5.41) is 7.52. The smallest absolute Gasteiger partial charge is 0.261 e. The van der Waals surface area contributed by atoms with Crippen LogP contribution in [0.1, 0.15) is 65.9 Å². The molecule has 224 valence electrons. The first kappa shape index (κ1) is 31.1. The van der Waals surface area contributed by atoms with Crippen molar-refractivity contribution < 1.29 is 28.6 Å². The Morgan fingerprint density at radius 2 is 1.76 bits per heavy atom. The van der Waals surface area contributed by atoms with Crippen molar-refractivity contribution in [2.75, 3.05) is 38.8 Å². The van der Waals surface area contributed by atoms with Gasteiger partial charge >= 0.3 is 0 Å². The van der Waals surface area contributed by atoms with Crippen LogP contribution >= 0.6 is 11.3 Å². The SMILES string of the molecule is CC[C@H](C)c1ccc(N(C(=O)CNC(=O)c2cccs2)[C@@H](C(=O)NC[C@@H]2CCCO2)c2ccc(OC)c(OC)c2)cc1. The Bertz CT molecular complexity index is 1340. The quantitative estimate of drug-likeness (QED) is 0.286. The summed E-state index contributed by atoms with van der Waals surface area (Å²) >= 11 is 1.29. The summed E-state index contributed by atoms with van der Waals surface area (Å²) in [6, 6.07) is 15.2. The van der Waals surface area contributed by atoms with Crippen LogP contribution in [-0.2, 0) is 14.3 Å². The second-order valence-corrected chi connectivity index (χ2v) is 11.2. The summed E-state index contributed by atoms with van der Waals surface area (Å²) in [6.45, 7) is 4.95. The van der Waals surface area contributed by atoms with Crippen LogP contribution in [0.2, 0.25) is 0 Å². The maximum atomic E-state index is 14.0. The molecule has 2 heterocycles. The Balaban J connectivity index is 1.73. The third-order valence-electron chi connectivity index (χ3n) is 7.52. The molecule has 3 atom stereocenters. The third-order valence-corrected chi connectivity index (χ3v) is 8.39. The van der Waals surface area contributed by atoms with Crippen molar-refractivity contribution in [2.24, 2.45) is 0 Å². The number of hydrogen-bond donors (Lipinski definition) is 2. The zero-order valence-corrected chi connectivity index (χ0v) is 25.4. The van der Waals surface area contributed by atoms with Gasteiger partial charge in [0.25, 0.3) is 5.91 Å². The predicted octanol–water partition coefficient (Wildman–Crippen LogP) is 5.08. The van der Waals surface area contributed by atoms with Crippen LogP contribution in [0.25, 0.3) is 0 Å². The lowest BCUT2D eigenvalue weighted by Crippen LogP contribution is -2.48. The molecule has 4 rings (SSSR count). The van der Waals surface area contributed by atoms with Crippen molar-refractivity contribution in [2.45, 2.75) is 51.2 Å². The van der Waals surface area contributed by atoms with E-state index < -0.39 is 11.9 Å². The highest BCUT2D eigenvalue weighted by Crippen LogP contribution is 2.35. The Morgan fingerprint density at radius 1 is 1.02 bits per heavy atom. The van der Waals surface area contributed by atoms with E-state index in [1.807, 2.05) is 24.3 Å². The van der Waals surface area contributed by atoms with E-state index in [0.717, 1.165) is 24.8 Å². The topological polar surface area (TPSA) is 106 Å². The van der Waals surface area contributed by atoms with Crippen molar-refractivity contribution in [3.05, 3.63) is 76.0 Å². The van der Waals surface area contributed by atoms with Crippen LogP contribution < -0.4 is 25.0 Å². The van der Waals surface area contributed by atoms with Crippen LogP contribution in [0, 0.1) is 0 Å². The zero-order chi connectivity index (χ0) is 30.1. The van der Waals surface area contributed by atoms with E-state index in [4.69, 9.17) is 14.2 Å². The molecule has 0 spiro atoms. The minimum Gasteiger partial charge on any atom is -0.493 e. The van der Waals surface area contributed by atoms with Gasteiger partial charge in [0, 0.05) is 18.8 Å². The maximum absolute atomic E-state index is 14.0. The lowest BCUT2D eigenvalue weighted by molar-refractivity contribution is -0.126. The first-order valence-corrected chi connectivity index (χ1v) is 15.1. The number of carbonyl (C=O) groups is 3. The Morgan fingerprint density at radius 3 is 2.38 bits per heavy atom. The molecule has 9 nitrogen and oxygen atoms in total. The van der Waals surface area contributed by atoms with Crippen molar-refractivity contribution >= 4 is 34.7 Å². The molecule has 1 aliphatic heterocycles. The van der Waals surface area contributed by atoms with E-state index in [0.29, 0.717) is 46.7 Å². The fourth-order valence-corrected chi connectivity index (χ4v) is 5.57. The average molecular weight is 594 g/mol. The Hall–Kier alpha value is -3.89. The molecule has 1 aliphatic rings. The fraction of sp³-hybridized carbons (Fsp3) is 0.406. The van der Waals surface area contributed by atoms with Crippen LogP contribution in [0.3, 0.4) is 0 Å². The summed E-state index contributed by atoms with van der Waals surface area (Å²) < 4.78 is 16.7. The number of nitrogens with one attached hydrogen (secondary N) is 2. The molecular weight excluding hydrogens is 554 g/mol. The highest BCUT2D eigenvalue weighted by Gasteiger charge is 2.34. The monoisotopic (exact) mass is 593 g/mol. The number of ether oxygens (including phenoxy) is 3. The Kier molecular flexibility index (Phi) is 11.0. The zero-order valence-electron chi connectivity index (χ0n) is 24.6. The lowest BCUT2D eigenvalue weighted by atomic mass is 9.97. The molecule has 3 aromatic rings. The van der Waals surface area contributed by atoms with Crippen LogP contribution in [0.5, 0.6) is 11.5 Å². The molecule has 10 heteroatoms. The molecule has 0 bridgehead atoms. The average Bonchev–Trinajstić information content (AvgIpc) is 3.76. The largest absolute Gasteiger partial charge is 0.493 e. The van der Waals surface area contributed by atoms with Gasteiger partial charge in [0.15, 0.2) is 11.5 Å². The van der Waals surface area contributed by atoms with Crippen molar-refractivity contribution in [3.63, 3.8) is 0 Å². The number of thiophene rings is 1. The van der Waals surface area contributed by atoms with Gasteiger partial charge in [-0.25, -0.2) is 0 Å². The van der Waals surface area contributed by atoms with Gasteiger partial charge in [-0.15, -0.1) is 11.3 Å². The second-order valence-electron chi connectivity index (χ2n) is 10.2. The van der Waals surface area contributed by atoms with E-state index in [2.05, 4.69) is 24.5 Å². The van der Waals surface area contributed by atoms with E-state index >= 15 is 0 Å². The van der Waals surface area contributed by atoms with Crippen molar-refractivity contribution in [3.8, 4) is 11.5 Å². The van der Waals surface area contributed by atoms with Gasteiger partial charge in [-0.05, 0) is 72.0 Å². The summed E-state index contributed by atoms with van der Waals surface area (Å²) in [7, 11) is 3.05. The molecule has 1 fully saturated rings. The first-order valence-electron chi connectivity index (χ1n) is 14.2. The molecule has 0 unspecified atom stereocenters. The van der Waals surface area contributed by atoms with Crippen LogP contribution in [0.4, 0.5) is 5.69 Å². The summed E-state index contributed by atoms with van der Waals surface area (Å²) in [6.07, 6.45) is 2.69. The van der Waals surface area contributed by atoms with Gasteiger partial charge in [0.1, 0.15) is 6.04 Å². The van der Waals surface area contributed by atoms with Crippen LogP contribution in [0.15, 0.2) is 60.0 Å². The summed E-state index contributed by atoms with van der Waals surface area (Å²) in [4.78, 5) is 42.7. The van der Waals surface area contributed by atoms with E-state index in [1.54, 1.807) is 35.7 Å². The summed E-state index contributed by atoms with van der Waals surface area (Å²) in [5.74, 6) is 0.0988. The molecule has 1 aromatic heterocycles. The van der Waals surface area contributed by atoms with Gasteiger partial charge in [-0.3, -0.25) is 19.3 Å². The second kappa shape index (κ2) is 14.8. The highest BCUT2D eigenvalue weighted by atomic mass is 32.1. The number of anilines is 1. The van der Waals surface area contributed by atoms with Gasteiger partial charge in [0.05, 0.1) is 31.7 Å². The number of hydrogen-bond acceptors (Lipinski definition) is 7. The van der Waals surface area contributed by atoms with Crippen molar-refractivity contribution in [1.29, 1.82) is 0 Å². The molecule has 42 heavy (non-hydrogen) atoms. The van der Waals surface area contributed by atoms with Crippen molar-refractivity contribution in [1.82, 2.24) is 10.6 Å². The molecule has 2 aromatic carbocycles. The van der Waals surface area contributed by atoms with E-state index in [1.165, 1.54) is 30.5 Å². The van der Waals surface area contributed by atoms with E-state index in [9.17, 15) is 14.4 Å². The highest BCUT2D eigenvalue weighted by molar-refractivity contribution is 7.12. The minimum atomic E-state index is -1.06. The third kappa shape index (κ3) is 7.49. The molecular formula is C32H39N3O6S. The first-order chi connectivity index (χ1) is 20.4. The lowest BCUT2D eigenvalue weighted by Gasteiger charge is -2.32. The predicted molar refractivity (Wildman–Crippen MR) is 164 cm³/mol. The number of carbonyl (C=O) groups excluding carboxylic acids is 3. The number of rotatable bonds is 13. The molecule has 2 N–H and O–H groups in total. The standard InChI is InChI=1S/C32H39N3O6S/c1-5-21(2)22-10-13-24(14-11-22)35(29(36)20-34-31(37)28-9-7-17-42-28)30(32(38)33-19-25-8-6-16-41-25)23-12-15-26(39-3)27(18-23)40-4/h7,9-15,17-18,21,25,30H,5-6,8,16,19-20H2,1-4H3,(H,33,38)(H,34,37)/t21-,25-,30+/m0/s1. The normalized spacial score (nSPS) is 15.9. The summed E-state index contributed by atoms with van der Waals surface area (Å²) in [5.41, 5.74) is 2.19. The Labute approximate surface area is 251 Å². The van der Waals surface area contributed by atoms with Gasteiger partial charge < -0.3 is 24.8 Å². The molecule has 0 aliphatic carbocycles. The molecule has 0 radical (unpaired) electrons. The number of amides is 3. The van der Waals surface area contributed by atoms with Gasteiger partial charge in [-0.2, -0.15) is 0 Å². The van der Waals surface area contributed by atoms with E-state index in [-0.39, 0.29) is 24.5 Å². The number of benzene rings is 2. The molecule has 0 saturated carbocycles. The van der Waals surface area contributed by atoms with Gasteiger partial charge in [-0.1, -0.05) is 38.1 Å². The van der Waals surface area contributed by atoms with Crippen LogP contribution in [-0.4, -0.2) is 57.7 Å².